The number of aromatic nitrogens is 3. The summed E-state index contributed by atoms with van der Waals surface area (Å²) in [5, 5.41) is 15.9. The van der Waals surface area contributed by atoms with Crippen molar-refractivity contribution in [1.29, 1.82) is 0 Å². The van der Waals surface area contributed by atoms with Crippen molar-refractivity contribution in [3.63, 3.8) is 0 Å². The van der Waals surface area contributed by atoms with E-state index in [1.54, 1.807) is 12.1 Å². The Labute approximate surface area is 204 Å². The van der Waals surface area contributed by atoms with Gasteiger partial charge in [0.1, 0.15) is 0 Å². The lowest BCUT2D eigenvalue weighted by Crippen LogP contribution is -2.47. The lowest BCUT2D eigenvalue weighted by molar-refractivity contribution is -0.384. The fourth-order valence-corrected chi connectivity index (χ4v) is 4.94. The number of nitro benzene ring substituents is 1. The minimum atomic E-state index is -0.364. The predicted molar refractivity (Wildman–Crippen MR) is 135 cm³/mol. The highest BCUT2D eigenvalue weighted by atomic mass is 32.1. The summed E-state index contributed by atoms with van der Waals surface area (Å²) in [5.41, 5.74) is 3.40. The summed E-state index contributed by atoms with van der Waals surface area (Å²) < 4.78 is 4.76. The molecule has 2 fully saturated rings. The lowest BCUT2D eigenvalue weighted by Gasteiger charge is -2.35. The zero-order valence-electron chi connectivity index (χ0n) is 19.3. The van der Waals surface area contributed by atoms with Crippen LogP contribution in [0.3, 0.4) is 0 Å². The van der Waals surface area contributed by atoms with Crippen LogP contribution >= 0.6 is 12.2 Å². The summed E-state index contributed by atoms with van der Waals surface area (Å²) in [6, 6.07) is 15.2. The predicted octanol–water partition coefficient (Wildman–Crippen LogP) is 4.00. The zero-order valence-corrected chi connectivity index (χ0v) is 20.2. The van der Waals surface area contributed by atoms with E-state index >= 15 is 0 Å². The van der Waals surface area contributed by atoms with Gasteiger partial charge in [-0.25, -0.2) is 4.68 Å². The van der Waals surface area contributed by atoms with Crippen molar-refractivity contribution in [2.75, 3.05) is 49.1 Å². The number of nitro groups is 1. The molecule has 2 saturated heterocycles. The molecule has 5 rings (SSSR count). The maximum absolute atomic E-state index is 10.9. The molecular weight excluding hydrogens is 450 g/mol. The van der Waals surface area contributed by atoms with Gasteiger partial charge in [0.05, 0.1) is 17.3 Å². The van der Waals surface area contributed by atoms with Crippen LogP contribution in [0.1, 0.15) is 18.4 Å². The number of aryl methyl sites for hydroxylation is 1. The Hall–Kier alpha value is -3.24. The van der Waals surface area contributed by atoms with Crippen LogP contribution < -0.4 is 9.80 Å². The molecule has 2 aliphatic rings. The van der Waals surface area contributed by atoms with Crippen LogP contribution in [0.4, 0.5) is 17.3 Å². The van der Waals surface area contributed by atoms with E-state index < -0.39 is 0 Å². The van der Waals surface area contributed by atoms with Crippen LogP contribution in [0.25, 0.3) is 5.69 Å². The van der Waals surface area contributed by atoms with Gasteiger partial charge in [-0.2, -0.15) is 0 Å². The van der Waals surface area contributed by atoms with Crippen LogP contribution in [0, 0.1) is 21.8 Å². The molecule has 9 nitrogen and oxygen atoms in total. The molecule has 0 N–H and O–H groups in total. The summed E-state index contributed by atoms with van der Waals surface area (Å²) in [7, 11) is 0. The first-order chi connectivity index (χ1) is 16.5. The highest BCUT2D eigenvalue weighted by Gasteiger charge is 2.24. The van der Waals surface area contributed by atoms with Gasteiger partial charge in [0.25, 0.3) is 5.69 Å². The molecule has 2 aliphatic heterocycles. The van der Waals surface area contributed by atoms with E-state index in [2.05, 4.69) is 50.5 Å². The third-order valence-corrected chi connectivity index (χ3v) is 7.03. The van der Waals surface area contributed by atoms with Crippen molar-refractivity contribution < 1.29 is 4.92 Å². The summed E-state index contributed by atoms with van der Waals surface area (Å²) in [4.78, 5) is 17.5. The van der Waals surface area contributed by atoms with Crippen molar-refractivity contribution in [3.8, 4) is 5.69 Å². The van der Waals surface area contributed by atoms with E-state index in [-0.39, 0.29) is 10.6 Å². The molecule has 0 bridgehead atoms. The molecule has 1 aromatic heterocycles. The average molecular weight is 480 g/mol. The van der Waals surface area contributed by atoms with Gasteiger partial charge in [0, 0.05) is 57.1 Å². The minimum Gasteiger partial charge on any atom is -0.369 e. The Bertz CT molecular complexity index is 1210. The van der Waals surface area contributed by atoms with E-state index in [4.69, 9.17) is 17.3 Å². The van der Waals surface area contributed by atoms with Gasteiger partial charge in [0.15, 0.2) is 0 Å². The lowest BCUT2D eigenvalue weighted by atomic mass is 10.2. The maximum atomic E-state index is 10.9. The average Bonchev–Trinajstić information content (AvgIpc) is 3.49. The van der Waals surface area contributed by atoms with Crippen LogP contribution in [0.15, 0.2) is 48.5 Å². The summed E-state index contributed by atoms with van der Waals surface area (Å²) >= 11 is 5.91. The summed E-state index contributed by atoms with van der Waals surface area (Å²) in [6.07, 6.45) is 2.36. The Morgan fingerprint density at radius 2 is 1.50 bits per heavy atom. The Morgan fingerprint density at radius 3 is 2.12 bits per heavy atom. The molecule has 0 amide bonds. The van der Waals surface area contributed by atoms with Gasteiger partial charge in [-0.3, -0.25) is 19.6 Å². The van der Waals surface area contributed by atoms with Gasteiger partial charge in [-0.05, 0) is 56.2 Å². The summed E-state index contributed by atoms with van der Waals surface area (Å²) in [5.74, 6) is 0.927. The third-order valence-electron chi connectivity index (χ3n) is 6.64. The van der Waals surface area contributed by atoms with E-state index in [9.17, 15) is 10.1 Å². The topological polar surface area (TPSA) is 75.6 Å². The molecule has 0 saturated carbocycles. The van der Waals surface area contributed by atoms with Crippen molar-refractivity contribution in [3.05, 3.63) is 69.0 Å². The van der Waals surface area contributed by atoms with Crippen LogP contribution in [-0.2, 0) is 6.67 Å². The Kier molecular flexibility index (Phi) is 6.34. The quantitative estimate of drug-likeness (QED) is 0.300. The largest absolute Gasteiger partial charge is 0.369 e. The number of benzene rings is 2. The monoisotopic (exact) mass is 479 g/mol. The van der Waals surface area contributed by atoms with Crippen LogP contribution in [-0.4, -0.2) is 63.4 Å². The van der Waals surface area contributed by atoms with Gasteiger partial charge < -0.3 is 9.80 Å². The smallest absolute Gasteiger partial charge is 0.269 e. The molecule has 0 aliphatic carbocycles. The molecule has 3 aromatic rings. The van der Waals surface area contributed by atoms with E-state index in [0.29, 0.717) is 11.4 Å². The zero-order chi connectivity index (χ0) is 23.7. The number of hydrogen-bond acceptors (Lipinski definition) is 7. The van der Waals surface area contributed by atoms with E-state index in [1.807, 2.05) is 16.8 Å². The van der Waals surface area contributed by atoms with Crippen molar-refractivity contribution in [2.45, 2.75) is 26.4 Å². The number of non-ortho nitro benzene ring substituents is 1. The Balaban J connectivity index is 1.32. The molecular formula is C24H29N7O2S. The molecule has 0 spiro atoms. The van der Waals surface area contributed by atoms with Crippen LogP contribution in [0.2, 0.25) is 0 Å². The molecule has 2 aromatic carbocycles. The van der Waals surface area contributed by atoms with Gasteiger partial charge in [-0.1, -0.05) is 17.7 Å². The number of rotatable bonds is 6. The normalized spacial score (nSPS) is 16.9. The van der Waals surface area contributed by atoms with Gasteiger partial charge in [-0.15, -0.1) is 5.10 Å². The first-order valence-electron chi connectivity index (χ1n) is 11.7. The highest BCUT2D eigenvalue weighted by Crippen LogP contribution is 2.25. The maximum Gasteiger partial charge on any atom is 0.269 e. The van der Waals surface area contributed by atoms with Crippen molar-refractivity contribution >= 4 is 29.5 Å². The fourth-order valence-electron chi connectivity index (χ4n) is 4.65. The second-order valence-corrected chi connectivity index (χ2v) is 9.33. The molecule has 0 radical (unpaired) electrons. The number of nitrogens with zero attached hydrogens (tertiary/aromatic N) is 7. The second-order valence-electron chi connectivity index (χ2n) is 8.97. The Morgan fingerprint density at radius 1 is 0.882 bits per heavy atom. The van der Waals surface area contributed by atoms with E-state index in [0.717, 1.165) is 56.6 Å². The van der Waals surface area contributed by atoms with Crippen molar-refractivity contribution in [2.24, 2.45) is 0 Å². The number of hydrogen-bond donors (Lipinski definition) is 0. The van der Waals surface area contributed by atoms with E-state index in [1.165, 1.54) is 18.4 Å². The summed E-state index contributed by atoms with van der Waals surface area (Å²) in [6.45, 7) is 8.18. The molecule has 10 heteroatoms. The fraction of sp³-hybridized carbons (Fsp3) is 0.417. The van der Waals surface area contributed by atoms with Gasteiger partial charge >= 0.3 is 0 Å². The first kappa shape index (κ1) is 22.5. The SMILES string of the molecule is Cc1ccc(-n2c(N3CCCC3)nn(CN3CCN(c4ccc([N+](=O)[O-])cc4)CC3)c2=S)cc1. The number of anilines is 2. The minimum absolute atomic E-state index is 0.120. The third kappa shape index (κ3) is 4.55. The van der Waals surface area contributed by atoms with Crippen molar-refractivity contribution in [1.82, 2.24) is 19.2 Å². The standard InChI is InChI=1S/C24H29N7O2S/c1-19-4-6-21(7-5-19)30-23(28-12-2-3-13-28)25-29(24(30)34)18-26-14-16-27(17-15-26)20-8-10-22(11-9-20)31(32)33/h4-11H,2-3,12-18H2,1H3. The second kappa shape index (κ2) is 9.55. The molecule has 0 unspecified atom stereocenters. The molecule has 3 heterocycles. The first-order valence-corrected chi connectivity index (χ1v) is 12.1. The highest BCUT2D eigenvalue weighted by molar-refractivity contribution is 7.71. The molecule has 34 heavy (non-hydrogen) atoms. The number of piperazine rings is 1. The molecule has 178 valence electrons. The van der Waals surface area contributed by atoms with Gasteiger partial charge in [0.2, 0.25) is 10.7 Å². The van der Waals surface area contributed by atoms with Crippen LogP contribution in [0.5, 0.6) is 0 Å². The molecule has 0 atom stereocenters.